The van der Waals surface area contributed by atoms with Crippen LogP contribution in [0, 0.1) is 11.6 Å². The fourth-order valence-electron chi connectivity index (χ4n) is 2.41. The molecule has 2 N–H and O–H groups in total. The zero-order valence-corrected chi connectivity index (χ0v) is 15.2. The minimum Gasteiger partial charge on any atom is -0.323 e. The van der Waals surface area contributed by atoms with E-state index in [9.17, 15) is 8.78 Å². The van der Waals surface area contributed by atoms with E-state index in [1.54, 1.807) is 6.07 Å². The predicted molar refractivity (Wildman–Crippen MR) is 101 cm³/mol. The summed E-state index contributed by atoms with van der Waals surface area (Å²) in [6, 6.07) is 12.1. The van der Waals surface area contributed by atoms with E-state index < -0.39 is 11.6 Å². The van der Waals surface area contributed by atoms with E-state index >= 15 is 0 Å². The maximum absolute atomic E-state index is 13.2. The lowest BCUT2D eigenvalue weighted by atomic mass is 10.1. The third-order valence-electron chi connectivity index (χ3n) is 3.85. The van der Waals surface area contributed by atoms with Crippen LogP contribution >= 0.6 is 11.8 Å². The maximum Gasteiger partial charge on any atom is 0.247 e. The highest BCUT2D eigenvalue weighted by Gasteiger charge is 2.07. The minimum absolute atomic E-state index is 0.470. The van der Waals surface area contributed by atoms with Gasteiger partial charge in [-0.1, -0.05) is 43.3 Å². The number of unbranched alkanes of at least 4 members (excludes halogenated alkanes) is 1. The van der Waals surface area contributed by atoms with Crippen LogP contribution in [0.25, 0.3) is 0 Å². The monoisotopic (exact) mass is 374 g/mol. The van der Waals surface area contributed by atoms with Crippen molar-refractivity contribution in [1.82, 2.24) is 15.2 Å². The number of thioether (sulfide) groups is 1. The van der Waals surface area contributed by atoms with Crippen LogP contribution in [0.4, 0.5) is 20.4 Å². The zero-order valence-electron chi connectivity index (χ0n) is 14.4. The molecule has 4 nitrogen and oxygen atoms in total. The molecule has 0 aliphatic carbocycles. The molecule has 136 valence electrons. The second kappa shape index (κ2) is 8.80. The largest absolute Gasteiger partial charge is 0.323 e. The Balaban J connectivity index is 1.55. The molecule has 1 heterocycles. The molecule has 3 aromatic rings. The summed E-state index contributed by atoms with van der Waals surface area (Å²) in [5.74, 6) is -0.743. The summed E-state index contributed by atoms with van der Waals surface area (Å²) >= 11 is 1.37. The molecule has 0 radical (unpaired) electrons. The van der Waals surface area contributed by atoms with E-state index in [-0.39, 0.29) is 0 Å². The van der Waals surface area contributed by atoms with Gasteiger partial charge >= 0.3 is 0 Å². The number of anilines is 2. The van der Waals surface area contributed by atoms with E-state index in [1.807, 2.05) is 12.1 Å². The molecule has 1 aromatic heterocycles. The molecule has 0 saturated heterocycles. The Morgan fingerprint density at radius 1 is 1.04 bits per heavy atom. The number of hydrogen-bond donors (Lipinski definition) is 2. The van der Waals surface area contributed by atoms with Crippen molar-refractivity contribution >= 4 is 23.4 Å². The van der Waals surface area contributed by atoms with Crippen LogP contribution in [0.5, 0.6) is 0 Å². The summed E-state index contributed by atoms with van der Waals surface area (Å²) in [5, 5.41) is 10.7. The van der Waals surface area contributed by atoms with Gasteiger partial charge in [0, 0.05) is 11.4 Å². The summed E-state index contributed by atoms with van der Waals surface area (Å²) in [4.78, 5) is 4.35. The minimum atomic E-state index is -0.842. The van der Waals surface area contributed by atoms with Gasteiger partial charge in [0.2, 0.25) is 5.95 Å². The van der Waals surface area contributed by atoms with Crippen molar-refractivity contribution in [2.45, 2.75) is 37.1 Å². The average Bonchev–Trinajstić information content (AvgIpc) is 3.09. The molecule has 0 unspecified atom stereocenters. The van der Waals surface area contributed by atoms with Gasteiger partial charge in [-0.25, -0.2) is 8.78 Å². The normalized spacial score (nSPS) is 10.9. The second-order valence-corrected chi connectivity index (χ2v) is 6.89. The molecule has 0 saturated carbocycles. The zero-order chi connectivity index (χ0) is 18.4. The van der Waals surface area contributed by atoms with Crippen LogP contribution in [0.3, 0.4) is 0 Å². The highest BCUT2D eigenvalue weighted by atomic mass is 32.2. The molecule has 0 aliphatic heterocycles. The van der Waals surface area contributed by atoms with Crippen LogP contribution in [-0.2, 0) is 12.2 Å². The van der Waals surface area contributed by atoms with Crippen LogP contribution in [-0.4, -0.2) is 15.2 Å². The number of aromatic nitrogens is 3. The van der Waals surface area contributed by atoms with Crippen molar-refractivity contribution in [3.05, 3.63) is 65.2 Å². The van der Waals surface area contributed by atoms with Crippen LogP contribution in [0.1, 0.15) is 30.9 Å². The Morgan fingerprint density at radius 2 is 1.81 bits per heavy atom. The first-order valence-corrected chi connectivity index (χ1v) is 9.47. The molecule has 0 atom stereocenters. The predicted octanol–water partition coefficient (Wildman–Crippen LogP) is 5.46. The molecule has 2 aromatic carbocycles. The molecule has 0 aliphatic rings. The summed E-state index contributed by atoms with van der Waals surface area (Å²) in [7, 11) is 0. The Hall–Kier alpha value is -2.41. The molecule has 3 rings (SSSR count). The standard InChI is InChI=1S/C19H20F2N4S/c1-2-3-4-13-5-8-15(9-6-13)22-18-23-19(25-24-18)26-12-14-7-10-16(20)17(21)11-14/h5-11H,2-4,12H2,1H3,(H2,22,23,24,25). The number of hydrogen-bond acceptors (Lipinski definition) is 4. The molecular weight excluding hydrogens is 354 g/mol. The third-order valence-corrected chi connectivity index (χ3v) is 4.79. The fourth-order valence-corrected chi connectivity index (χ4v) is 3.16. The highest BCUT2D eigenvalue weighted by molar-refractivity contribution is 7.98. The van der Waals surface area contributed by atoms with E-state index in [4.69, 9.17) is 0 Å². The van der Waals surface area contributed by atoms with E-state index in [0.717, 1.165) is 18.2 Å². The number of nitrogens with zero attached hydrogens (tertiary/aromatic N) is 2. The van der Waals surface area contributed by atoms with Crippen molar-refractivity contribution in [1.29, 1.82) is 0 Å². The van der Waals surface area contributed by atoms with Crippen molar-refractivity contribution < 1.29 is 8.78 Å². The van der Waals surface area contributed by atoms with Gasteiger partial charge in [-0.05, 0) is 48.2 Å². The Labute approximate surface area is 155 Å². The summed E-state index contributed by atoms with van der Waals surface area (Å²) in [5.41, 5.74) is 2.92. The SMILES string of the molecule is CCCCc1ccc(Nc2n[nH]c(SCc3ccc(F)c(F)c3)n2)cc1. The number of halogens is 2. The van der Waals surface area contributed by atoms with E-state index in [0.29, 0.717) is 22.4 Å². The molecule has 7 heteroatoms. The number of aromatic amines is 1. The van der Waals surface area contributed by atoms with Gasteiger partial charge in [0.1, 0.15) is 0 Å². The Kier molecular flexibility index (Phi) is 6.22. The lowest BCUT2D eigenvalue weighted by Crippen LogP contribution is -1.93. The number of aryl methyl sites for hydroxylation is 1. The smallest absolute Gasteiger partial charge is 0.247 e. The number of benzene rings is 2. The van der Waals surface area contributed by atoms with Crippen LogP contribution in [0.2, 0.25) is 0 Å². The lowest BCUT2D eigenvalue weighted by Gasteiger charge is -2.04. The van der Waals surface area contributed by atoms with Gasteiger partial charge in [0.15, 0.2) is 16.8 Å². The van der Waals surface area contributed by atoms with Crippen molar-refractivity contribution in [2.75, 3.05) is 5.32 Å². The average molecular weight is 374 g/mol. The molecule has 0 bridgehead atoms. The van der Waals surface area contributed by atoms with Gasteiger partial charge in [-0.15, -0.1) is 5.10 Å². The van der Waals surface area contributed by atoms with Crippen LogP contribution in [0.15, 0.2) is 47.6 Å². The molecule has 26 heavy (non-hydrogen) atoms. The van der Waals surface area contributed by atoms with Crippen LogP contribution < -0.4 is 5.32 Å². The first-order chi connectivity index (χ1) is 12.6. The van der Waals surface area contributed by atoms with E-state index in [1.165, 1.54) is 36.2 Å². The Morgan fingerprint density at radius 3 is 2.54 bits per heavy atom. The first kappa shape index (κ1) is 18.4. The summed E-state index contributed by atoms with van der Waals surface area (Å²) in [6.45, 7) is 2.18. The quantitative estimate of drug-likeness (QED) is 0.514. The van der Waals surface area contributed by atoms with Crippen molar-refractivity contribution in [3.8, 4) is 0 Å². The third kappa shape index (κ3) is 5.05. The maximum atomic E-state index is 13.2. The first-order valence-electron chi connectivity index (χ1n) is 8.49. The van der Waals surface area contributed by atoms with Gasteiger partial charge < -0.3 is 5.32 Å². The van der Waals surface area contributed by atoms with Gasteiger partial charge in [-0.2, -0.15) is 4.98 Å². The van der Waals surface area contributed by atoms with Gasteiger partial charge in [0.05, 0.1) is 0 Å². The number of H-pyrrole nitrogens is 1. The molecule has 0 amide bonds. The molecular formula is C19H20F2N4S. The number of nitrogens with one attached hydrogen (secondary N) is 2. The van der Waals surface area contributed by atoms with Gasteiger partial charge in [0.25, 0.3) is 0 Å². The highest BCUT2D eigenvalue weighted by Crippen LogP contribution is 2.22. The summed E-state index contributed by atoms with van der Waals surface area (Å²) < 4.78 is 26.2. The fraction of sp³-hybridized carbons (Fsp3) is 0.263. The lowest BCUT2D eigenvalue weighted by molar-refractivity contribution is 0.507. The molecule has 0 spiro atoms. The topological polar surface area (TPSA) is 53.6 Å². The molecule has 0 fully saturated rings. The van der Waals surface area contributed by atoms with Gasteiger partial charge in [-0.3, -0.25) is 5.10 Å². The van der Waals surface area contributed by atoms with E-state index in [2.05, 4.69) is 39.6 Å². The Bertz CT molecular complexity index is 849. The van der Waals surface area contributed by atoms with Crippen molar-refractivity contribution in [3.63, 3.8) is 0 Å². The second-order valence-electron chi connectivity index (χ2n) is 5.93. The van der Waals surface area contributed by atoms with Crippen molar-refractivity contribution in [2.24, 2.45) is 0 Å². The number of rotatable bonds is 8. The summed E-state index contributed by atoms with van der Waals surface area (Å²) in [6.07, 6.45) is 3.45.